The summed E-state index contributed by atoms with van der Waals surface area (Å²) in [6, 6.07) is 0.620. The van der Waals surface area contributed by atoms with Crippen LogP contribution in [0.2, 0.25) is 0 Å². The van der Waals surface area contributed by atoms with E-state index >= 15 is 0 Å². The van der Waals surface area contributed by atoms with Gasteiger partial charge < -0.3 is 5.11 Å². The highest BCUT2D eigenvalue weighted by molar-refractivity contribution is 4.95. The summed E-state index contributed by atoms with van der Waals surface area (Å²) in [5.41, 5.74) is 0.989. The van der Waals surface area contributed by atoms with Crippen molar-refractivity contribution < 1.29 is 5.11 Å². The predicted octanol–water partition coefficient (Wildman–Crippen LogP) is 1.21. The molecule has 0 aromatic carbocycles. The topological polar surface area (TPSA) is 49.2 Å². The minimum absolute atomic E-state index is 0.219. The number of aliphatic hydroxyl groups is 1. The van der Waals surface area contributed by atoms with Crippen molar-refractivity contribution in [2.45, 2.75) is 38.3 Å². The molecule has 0 aliphatic heterocycles. The van der Waals surface area contributed by atoms with Crippen molar-refractivity contribution in [3.63, 3.8) is 0 Å². The molecule has 1 aliphatic carbocycles. The molecule has 4 nitrogen and oxygen atoms in total. The fourth-order valence-electron chi connectivity index (χ4n) is 2.41. The van der Waals surface area contributed by atoms with E-state index in [1.54, 1.807) is 18.6 Å². The van der Waals surface area contributed by atoms with Crippen molar-refractivity contribution in [2.24, 2.45) is 0 Å². The van der Waals surface area contributed by atoms with Gasteiger partial charge in [-0.15, -0.1) is 0 Å². The quantitative estimate of drug-likeness (QED) is 0.812. The average Bonchev–Trinajstić information content (AvgIpc) is 2.83. The first kappa shape index (κ1) is 11.5. The molecule has 1 N–H and O–H groups in total. The van der Waals surface area contributed by atoms with Crippen LogP contribution in [0.3, 0.4) is 0 Å². The number of hydrogen-bond donors (Lipinski definition) is 1. The van der Waals surface area contributed by atoms with E-state index in [0.717, 1.165) is 18.8 Å². The first-order valence-electron chi connectivity index (χ1n) is 6.00. The summed E-state index contributed by atoms with van der Waals surface area (Å²) in [6.07, 6.45) is 10.3. The van der Waals surface area contributed by atoms with Crippen LogP contribution in [0, 0.1) is 0 Å². The van der Waals surface area contributed by atoms with E-state index < -0.39 is 0 Å². The number of aliphatic hydroxyl groups excluding tert-OH is 1. The molecule has 0 unspecified atom stereocenters. The Hall–Kier alpha value is -1.00. The smallest absolute Gasteiger partial charge is 0.0726 e. The maximum atomic E-state index is 9.10. The molecular weight excluding hydrogens is 202 g/mol. The second-order valence-electron chi connectivity index (χ2n) is 4.33. The molecule has 0 saturated heterocycles. The Morgan fingerprint density at radius 1 is 1.31 bits per heavy atom. The third-order valence-electron chi connectivity index (χ3n) is 3.21. The molecule has 0 bridgehead atoms. The Bertz CT molecular complexity index is 298. The van der Waals surface area contributed by atoms with Crippen molar-refractivity contribution >= 4 is 0 Å². The van der Waals surface area contributed by atoms with Gasteiger partial charge in [-0.2, -0.15) is 0 Å². The van der Waals surface area contributed by atoms with E-state index in [9.17, 15) is 0 Å². The fraction of sp³-hybridized carbons (Fsp3) is 0.667. The van der Waals surface area contributed by atoms with Crippen LogP contribution in [-0.2, 0) is 6.54 Å². The molecule has 16 heavy (non-hydrogen) atoms. The van der Waals surface area contributed by atoms with Gasteiger partial charge in [-0.3, -0.25) is 14.9 Å². The Morgan fingerprint density at radius 2 is 2.12 bits per heavy atom. The largest absolute Gasteiger partial charge is 0.395 e. The van der Waals surface area contributed by atoms with Crippen molar-refractivity contribution in [1.82, 2.24) is 14.9 Å². The highest BCUT2D eigenvalue weighted by Gasteiger charge is 2.22. The van der Waals surface area contributed by atoms with Crippen LogP contribution in [0.5, 0.6) is 0 Å². The molecule has 0 spiro atoms. The van der Waals surface area contributed by atoms with E-state index in [1.165, 1.54) is 25.7 Å². The molecule has 1 aromatic rings. The summed E-state index contributed by atoms with van der Waals surface area (Å²) in [7, 11) is 0. The summed E-state index contributed by atoms with van der Waals surface area (Å²) >= 11 is 0. The summed E-state index contributed by atoms with van der Waals surface area (Å²) in [6.45, 7) is 1.76. The molecule has 1 aliphatic rings. The van der Waals surface area contributed by atoms with E-state index in [-0.39, 0.29) is 6.61 Å². The maximum absolute atomic E-state index is 9.10. The van der Waals surface area contributed by atoms with Crippen molar-refractivity contribution in [3.8, 4) is 0 Å². The average molecular weight is 221 g/mol. The van der Waals surface area contributed by atoms with Gasteiger partial charge in [0.2, 0.25) is 0 Å². The third kappa shape index (κ3) is 3.00. The van der Waals surface area contributed by atoms with Crippen LogP contribution in [0.1, 0.15) is 31.4 Å². The Balaban J connectivity index is 1.96. The minimum Gasteiger partial charge on any atom is -0.395 e. The first-order valence-corrected chi connectivity index (χ1v) is 6.00. The Morgan fingerprint density at radius 3 is 2.75 bits per heavy atom. The van der Waals surface area contributed by atoms with Gasteiger partial charge in [-0.1, -0.05) is 12.8 Å². The standard InChI is InChI=1S/C12H19N3O/c16-8-7-15(12-3-1-2-4-12)10-11-9-13-5-6-14-11/h5-6,9,12,16H,1-4,7-8,10H2. The highest BCUT2D eigenvalue weighted by atomic mass is 16.3. The lowest BCUT2D eigenvalue weighted by atomic mass is 10.2. The van der Waals surface area contributed by atoms with E-state index in [4.69, 9.17) is 5.11 Å². The van der Waals surface area contributed by atoms with Gasteiger partial charge in [0.25, 0.3) is 0 Å². The zero-order valence-corrected chi connectivity index (χ0v) is 9.55. The number of aromatic nitrogens is 2. The molecule has 0 atom stereocenters. The molecule has 4 heteroatoms. The number of rotatable bonds is 5. The van der Waals surface area contributed by atoms with Crippen LogP contribution in [0.25, 0.3) is 0 Å². The normalized spacial score (nSPS) is 17.1. The molecule has 0 radical (unpaired) electrons. The van der Waals surface area contributed by atoms with Gasteiger partial charge in [-0.25, -0.2) is 0 Å². The molecule has 1 saturated carbocycles. The lowest BCUT2D eigenvalue weighted by molar-refractivity contribution is 0.143. The summed E-state index contributed by atoms with van der Waals surface area (Å²) in [5, 5.41) is 9.10. The lowest BCUT2D eigenvalue weighted by Crippen LogP contribution is -2.35. The van der Waals surface area contributed by atoms with Crippen LogP contribution < -0.4 is 0 Å². The predicted molar refractivity (Wildman–Crippen MR) is 61.8 cm³/mol. The maximum Gasteiger partial charge on any atom is 0.0726 e. The van der Waals surface area contributed by atoms with Crippen LogP contribution in [-0.4, -0.2) is 39.2 Å². The lowest BCUT2D eigenvalue weighted by Gasteiger charge is -2.27. The van der Waals surface area contributed by atoms with Crippen LogP contribution in [0.4, 0.5) is 0 Å². The molecule has 88 valence electrons. The van der Waals surface area contributed by atoms with Crippen molar-refractivity contribution in [2.75, 3.05) is 13.2 Å². The second-order valence-corrected chi connectivity index (χ2v) is 4.33. The number of nitrogens with zero attached hydrogens (tertiary/aromatic N) is 3. The molecule has 1 heterocycles. The van der Waals surface area contributed by atoms with Crippen molar-refractivity contribution in [1.29, 1.82) is 0 Å². The number of hydrogen-bond acceptors (Lipinski definition) is 4. The zero-order chi connectivity index (χ0) is 11.2. The zero-order valence-electron chi connectivity index (χ0n) is 9.55. The highest BCUT2D eigenvalue weighted by Crippen LogP contribution is 2.24. The Kier molecular flexibility index (Phi) is 4.25. The van der Waals surface area contributed by atoms with Gasteiger partial charge in [0, 0.05) is 37.7 Å². The second kappa shape index (κ2) is 5.92. The van der Waals surface area contributed by atoms with Gasteiger partial charge in [0.1, 0.15) is 0 Å². The van der Waals surface area contributed by atoms with Gasteiger partial charge in [0.15, 0.2) is 0 Å². The Labute approximate surface area is 96.3 Å². The molecule has 2 rings (SSSR count). The van der Waals surface area contributed by atoms with E-state index in [2.05, 4.69) is 14.9 Å². The van der Waals surface area contributed by atoms with Crippen molar-refractivity contribution in [3.05, 3.63) is 24.3 Å². The van der Waals surface area contributed by atoms with E-state index in [0.29, 0.717) is 6.04 Å². The first-order chi connectivity index (χ1) is 7.90. The van der Waals surface area contributed by atoms with Crippen LogP contribution in [0.15, 0.2) is 18.6 Å². The summed E-state index contributed by atoms with van der Waals surface area (Å²) < 4.78 is 0. The molecule has 1 fully saturated rings. The summed E-state index contributed by atoms with van der Waals surface area (Å²) in [4.78, 5) is 10.7. The molecule has 0 amide bonds. The van der Waals surface area contributed by atoms with E-state index in [1.807, 2.05) is 0 Å². The molecule has 1 aromatic heterocycles. The molecular formula is C12H19N3O. The summed E-state index contributed by atoms with van der Waals surface area (Å²) in [5.74, 6) is 0. The monoisotopic (exact) mass is 221 g/mol. The minimum atomic E-state index is 0.219. The van der Waals surface area contributed by atoms with Gasteiger partial charge in [0.05, 0.1) is 12.3 Å². The third-order valence-corrected chi connectivity index (χ3v) is 3.21. The SMILES string of the molecule is OCCN(Cc1cnccn1)C1CCCC1. The van der Waals surface area contributed by atoms with Crippen LogP contribution >= 0.6 is 0 Å². The fourth-order valence-corrected chi connectivity index (χ4v) is 2.41. The van der Waals surface area contributed by atoms with Gasteiger partial charge in [-0.05, 0) is 12.8 Å². The van der Waals surface area contributed by atoms with Gasteiger partial charge >= 0.3 is 0 Å².